The molecule has 0 radical (unpaired) electrons. The maximum Gasteiger partial charge on any atom is 0.0180 e. The molecular formula is C38H58N2P2. The third-order valence-corrected chi connectivity index (χ3v) is 20.2. The summed E-state index contributed by atoms with van der Waals surface area (Å²) in [6.07, 6.45) is 26.2. The highest BCUT2D eigenvalue weighted by Crippen LogP contribution is 2.80. The highest BCUT2D eigenvalue weighted by Gasteiger charge is 2.62. The molecule has 10 fully saturated rings. The van der Waals surface area contributed by atoms with Crippen LogP contribution in [0.4, 0.5) is 0 Å². The second kappa shape index (κ2) is 10.8. The van der Waals surface area contributed by atoms with Crippen LogP contribution in [0.3, 0.4) is 0 Å². The van der Waals surface area contributed by atoms with Crippen molar-refractivity contribution in [1.29, 1.82) is 0 Å². The van der Waals surface area contributed by atoms with E-state index >= 15 is 0 Å². The minimum absolute atomic E-state index is 0.0239. The highest BCUT2D eigenvalue weighted by atomic mass is 31.1. The maximum absolute atomic E-state index is 3.86. The van der Waals surface area contributed by atoms with E-state index in [1.54, 1.807) is 88.2 Å². The second-order valence-electron chi connectivity index (χ2n) is 17.5. The maximum atomic E-state index is 3.86. The van der Waals surface area contributed by atoms with Gasteiger partial charge in [-0.1, -0.05) is 32.2 Å². The molecule has 2 N–H and O–H groups in total. The van der Waals surface area contributed by atoms with E-state index in [0.717, 1.165) is 47.3 Å². The van der Waals surface area contributed by atoms with Gasteiger partial charge >= 0.3 is 0 Å². The van der Waals surface area contributed by atoms with Crippen molar-refractivity contribution >= 4 is 17.2 Å². The lowest BCUT2D eigenvalue weighted by molar-refractivity contribution is 0.0184. The lowest BCUT2D eigenvalue weighted by atomic mass is 9.55. The van der Waals surface area contributed by atoms with Crippen molar-refractivity contribution in [2.75, 3.05) is 26.2 Å². The summed E-state index contributed by atoms with van der Waals surface area (Å²) in [5.74, 6) is 7.92. The molecule has 2 heterocycles. The Morgan fingerprint density at radius 3 is 1.50 bits per heavy atom. The van der Waals surface area contributed by atoms with Crippen LogP contribution in [0.5, 0.6) is 0 Å². The van der Waals surface area contributed by atoms with Crippen LogP contribution in [0.1, 0.15) is 114 Å². The lowest BCUT2D eigenvalue weighted by Gasteiger charge is -2.67. The summed E-state index contributed by atoms with van der Waals surface area (Å²) in [5, 5.41) is 9.34. The first-order valence-electron chi connectivity index (χ1n) is 18.6. The average Bonchev–Trinajstić information content (AvgIpc) is 2.99. The molecule has 8 aliphatic carbocycles. The van der Waals surface area contributed by atoms with Crippen LogP contribution in [0.15, 0.2) is 24.3 Å². The van der Waals surface area contributed by atoms with E-state index in [2.05, 4.69) is 44.1 Å². The molecule has 4 heteroatoms. The van der Waals surface area contributed by atoms with Gasteiger partial charge in [0.15, 0.2) is 0 Å². The molecule has 8 bridgehead atoms. The van der Waals surface area contributed by atoms with E-state index in [9.17, 15) is 0 Å². The Kier molecular flexibility index (Phi) is 7.25. The predicted molar refractivity (Wildman–Crippen MR) is 181 cm³/mol. The van der Waals surface area contributed by atoms with Crippen molar-refractivity contribution in [2.24, 2.45) is 47.3 Å². The van der Waals surface area contributed by atoms with Gasteiger partial charge < -0.3 is 10.6 Å². The number of rotatable bonds is 7. The first-order chi connectivity index (χ1) is 20.5. The van der Waals surface area contributed by atoms with Gasteiger partial charge in [-0.05, 0) is 204 Å². The molecule has 10 aliphatic rings. The van der Waals surface area contributed by atoms with Gasteiger partial charge in [0.2, 0.25) is 0 Å². The summed E-state index contributed by atoms with van der Waals surface area (Å²) in [7, 11) is 3.60. The molecular weight excluding hydrogens is 546 g/mol. The Hall–Kier alpha value is -0.0000000000000000416. The van der Waals surface area contributed by atoms with E-state index in [-0.39, 0.29) is 13.1 Å². The van der Waals surface area contributed by atoms with Crippen LogP contribution in [0.2, 0.25) is 0 Å². The first-order valence-corrected chi connectivity index (χ1v) is 20.7. The Morgan fingerprint density at radius 1 is 0.667 bits per heavy atom. The summed E-state index contributed by atoms with van der Waals surface area (Å²) in [5.41, 5.74) is 3.57. The SMILES string of the molecule is PC(c1ccccc1CP(C12CC3CC(CC(C3)C1)C2)C12CC3CC(CC(C3)C1)C2)(C1CCCNC1)C1CCCNC1. The van der Waals surface area contributed by atoms with E-state index < -0.39 is 0 Å². The Bertz CT molecular complexity index is 1020. The lowest BCUT2D eigenvalue weighted by Crippen LogP contribution is -2.56. The van der Waals surface area contributed by atoms with Gasteiger partial charge in [-0.2, -0.15) is 0 Å². The van der Waals surface area contributed by atoms with E-state index in [1.165, 1.54) is 58.0 Å². The standard InChI is InChI=1S/C38H58N2P2/c41-38(33-6-3-9-39-23-33,34-7-4-10-40-24-34)35-8-2-1-5-32(35)25-42(36-17-26-11-27(18-36)13-28(12-26)19-36)37-20-29-14-30(21-37)16-31(15-29)22-37/h1-2,5,8,26-31,33-34,39-40H,3-4,6-7,9-25,41H2. The van der Waals surface area contributed by atoms with Crippen LogP contribution >= 0.6 is 17.2 Å². The first kappa shape index (κ1) is 28.2. The molecule has 1 aromatic rings. The van der Waals surface area contributed by atoms with Gasteiger partial charge in [0, 0.05) is 5.16 Å². The summed E-state index contributed by atoms with van der Waals surface area (Å²) in [4.78, 5) is 0. The molecule has 3 unspecified atom stereocenters. The summed E-state index contributed by atoms with van der Waals surface area (Å²) in [6, 6.07) is 10.2. The summed E-state index contributed by atoms with van der Waals surface area (Å²) >= 11 is 0. The predicted octanol–water partition coefficient (Wildman–Crippen LogP) is 8.68. The normalized spacial score (nSPS) is 47.8. The minimum Gasteiger partial charge on any atom is -0.316 e. The van der Waals surface area contributed by atoms with Gasteiger partial charge in [-0.3, -0.25) is 0 Å². The molecule has 0 amide bonds. The molecule has 2 nitrogen and oxygen atoms in total. The van der Waals surface area contributed by atoms with Crippen LogP contribution in [-0.2, 0) is 11.3 Å². The summed E-state index contributed by atoms with van der Waals surface area (Å²) in [6.45, 7) is 4.83. The smallest absolute Gasteiger partial charge is 0.0180 e. The van der Waals surface area contributed by atoms with E-state index in [0.29, 0.717) is 10.3 Å². The van der Waals surface area contributed by atoms with E-state index in [4.69, 9.17) is 0 Å². The highest BCUT2D eigenvalue weighted by molar-refractivity contribution is 7.60. The van der Waals surface area contributed by atoms with Gasteiger partial charge in [0.1, 0.15) is 0 Å². The van der Waals surface area contributed by atoms with E-state index in [1.807, 2.05) is 0 Å². The topological polar surface area (TPSA) is 24.1 Å². The van der Waals surface area contributed by atoms with Crippen molar-refractivity contribution in [1.82, 2.24) is 10.6 Å². The van der Waals surface area contributed by atoms with Crippen LogP contribution < -0.4 is 10.6 Å². The molecule has 0 spiro atoms. The fourth-order valence-corrected chi connectivity index (χ4v) is 20.2. The average molecular weight is 605 g/mol. The summed E-state index contributed by atoms with van der Waals surface area (Å²) < 4.78 is 0. The monoisotopic (exact) mass is 604 g/mol. The van der Waals surface area contributed by atoms with Crippen LogP contribution in [0, 0.1) is 47.3 Å². The third-order valence-electron chi connectivity index (χ3n) is 14.9. The minimum atomic E-state index is -0.0239. The van der Waals surface area contributed by atoms with Crippen LogP contribution in [-0.4, -0.2) is 36.5 Å². The van der Waals surface area contributed by atoms with Gasteiger partial charge in [0.05, 0.1) is 0 Å². The number of hydrogen-bond acceptors (Lipinski definition) is 2. The number of hydrogen-bond donors (Lipinski definition) is 2. The molecule has 230 valence electrons. The number of piperidine rings is 2. The molecule has 3 atom stereocenters. The zero-order chi connectivity index (χ0) is 27.9. The number of benzene rings is 1. The zero-order valence-corrected chi connectivity index (χ0v) is 28.4. The quantitative estimate of drug-likeness (QED) is 0.304. The third kappa shape index (κ3) is 4.60. The van der Waals surface area contributed by atoms with Crippen molar-refractivity contribution in [3.63, 3.8) is 0 Å². The van der Waals surface area contributed by atoms with Gasteiger partial charge in [0.25, 0.3) is 0 Å². The molecule has 0 aromatic heterocycles. The fraction of sp³-hybridized carbons (Fsp3) is 0.842. The van der Waals surface area contributed by atoms with Crippen molar-refractivity contribution in [3.8, 4) is 0 Å². The van der Waals surface area contributed by atoms with Gasteiger partial charge in [-0.25, -0.2) is 0 Å². The largest absolute Gasteiger partial charge is 0.316 e. The molecule has 2 aliphatic heterocycles. The van der Waals surface area contributed by atoms with Crippen LogP contribution in [0.25, 0.3) is 0 Å². The zero-order valence-electron chi connectivity index (χ0n) is 26.3. The Morgan fingerprint density at radius 2 is 1.10 bits per heavy atom. The Labute approximate surface area is 260 Å². The molecule has 8 saturated carbocycles. The van der Waals surface area contributed by atoms with Gasteiger partial charge in [-0.15, -0.1) is 9.24 Å². The fourth-order valence-electron chi connectivity index (χ4n) is 14.2. The molecule has 42 heavy (non-hydrogen) atoms. The number of nitrogens with one attached hydrogen (secondary N) is 2. The second-order valence-corrected chi connectivity index (χ2v) is 21.6. The Balaban J connectivity index is 1.14. The molecule has 11 rings (SSSR count). The van der Waals surface area contributed by atoms with Crippen molar-refractivity contribution < 1.29 is 0 Å². The molecule has 2 saturated heterocycles. The van der Waals surface area contributed by atoms with Crippen molar-refractivity contribution in [2.45, 2.75) is 124 Å². The molecule has 1 aromatic carbocycles. The van der Waals surface area contributed by atoms with Crippen molar-refractivity contribution in [3.05, 3.63) is 35.4 Å².